The van der Waals surface area contributed by atoms with Gasteiger partial charge in [0.25, 0.3) is 0 Å². The zero-order valence-electron chi connectivity index (χ0n) is 5.10. The fourth-order valence-electron chi connectivity index (χ4n) is 0.478. The minimum Gasteiger partial charge on any atom is -0.281 e. The molecule has 1 aromatic heterocycles. The van der Waals surface area contributed by atoms with Gasteiger partial charge in [0.1, 0.15) is 0 Å². The van der Waals surface area contributed by atoms with Crippen LogP contribution in [-0.2, 0) is 10.1 Å². The Kier molecular flexibility index (Phi) is 2.08. The first-order valence-electron chi connectivity index (χ1n) is 2.46. The van der Waals surface area contributed by atoms with Crippen LogP contribution < -0.4 is 0 Å². The lowest BCUT2D eigenvalue weighted by Crippen LogP contribution is -2.02. The second kappa shape index (κ2) is 2.72. The molecule has 0 unspecified atom stereocenters. The summed E-state index contributed by atoms with van der Waals surface area (Å²) < 4.78 is 29.3. The molecule has 0 atom stereocenters. The smallest absolute Gasteiger partial charge is 0.281 e. The third kappa shape index (κ3) is 1.86. The van der Waals surface area contributed by atoms with Gasteiger partial charge in [0.2, 0.25) is 5.03 Å². The molecule has 60 valence electrons. The molecule has 1 rings (SSSR count). The second-order valence-corrected chi connectivity index (χ2v) is 3.40. The average Bonchev–Trinajstić information content (AvgIpc) is 1.86. The molecule has 1 N–H and O–H groups in total. The van der Waals surface area contributed by atoms with E-state index in [0.29, 0.717) is 0 Å². The molecule has 1 aromatic rings. The number of nitrogens with zero attached hydrogens (tertiary/aromatic N) is 2. The Labute approximate surface area is 67.8 Å². The third-order valence-electron chi connectivity index (χ3n) is 0.885. The Bertz CT molecular complexity index is 363. The minimum atomic E-state index is -4.34. The van der Waals surface area contributed by atoms with Crippen molar-refractivity contribution in [2.75, 3.05) is 0 Å². The molecular formula is C4H3ClN2O3S. The van der Waals surface area contributed by atoms with Gasteiger partial charge in [0, 0.05) is 0 Å². The van der Waals surface area contributed by atoms with Crippen LogP contribution in [0.2, 0.25) is 5.02 Å². The fraction of sp³-hybridized carbons (Fsp3) is 0. The van der Waals surface area contributed by atoms with Crippen molar-refractivity contribution in [3.63, 3.8) is 0 Å². The Morgan fingerprint density at radius 2 is 2.18 bits per heavy atom. The van der Waals surface area contributed by atoms with Gasteiger partial charge in [0.15, 0.2) is 0 Å². The van der Waals surface area contributed by atoms with Crippen LogP contribution in [0.1, 0.15) is 0 Å². The first kappa shape index (κ1) is 8.38. The quantitative estimate of drug-likeness (QED) is 0.654. The molecular weight excluding hydrogens is 192 g/mol. The van der Waals surface area contributed by atoms with Crippen molar-refractivity contribution in [1.29, 1.82) is 0 Å². The van der Waals surface area contributed by atoms with Crippen molar-refractivity contribution in [3.05, 3.63) is 17.3 Å². The number of rotatable bonds is 1. The molecule has 0 saturated heterocycles. The van der Waals surface area contributed by atoms with Crippen molar-refractivity contribution >= 4 is 21.7 Å². The van der Waals surface area contributed by atoms with Gasteiger partial charge in [-0.25, -0.2) is 0 Å². The zero-order chi connectivity index (χ0) is 8.48. The number of aromatic nitrogens is 2. The molecule has 0 fully saturated rings. The summed E-state index contributed by atoms with van der Waals surface area (Å²) in [7, 11) is -4.34. The van der Waals surface area contributed by atoms with Crippen LogP contribution in [0.4, 0.5) is 0 Å². The Hall–Kier alpha value is -0.720. The van der Waals surface area contributed by atoms with E-state index in [-0.39, 0.29) is 5.02 Å². The first-order valence-corrected chi connectivity index (χ1v) is 4.28. The summed E-state index contributed by atoms with van der Waals surface area (Å²) in [5.74, 6) is 0. The van der Waals surface area contributed by atoms with Crippen LogP contribution in [0.15, 0.2) is 17.3 Å². The SMILES string of the molecule is O=S(=O)(O)c1nnccc1Cl. The number of halogens is 1. The van der Waals surface area contributed by atoms with Crippen molar-refractivity contribution in [3.8, 4) is 0 Å². The highest BCUT2D eigenvalue weighted by atomic mass is 35.5. The normalized spacial score (nSPS) is 11.5. The highest BCUT2D eigenvalue weighted by Crippen LogP contribution is 2.15. The summed E-state index contributed by atoms with van der Waals surface area (Å²) in [6, 6.07) is 1.22. The molecule has 0 spiro atoms. The van der Waals surface area contributed by atoms with Gasteiger partial charge in [-0.05, 0) is 6.07 Å². The van der Waals surface area contributed by atoms with Gasteiger partial charge in [-0.15, -0.1) is 5.10 Å². The predicted molar refractivity (Wildman–Crippen MR) is 36.9 cm³/mol. The molecule has 0 radical (unpaired) electrons. The molecule has 5 nitrogen and oxygen atoms in total. The zero-order valence-corrected chi connectivity index (χ0v) is 6.67. The third-order valence-corrected chi connectivity index (χ3v) is 2.09. The number of hydrogen-bond donors (Lipinski definition) is 1. The van der Waals surface area contributed by atoms with Crippen molar-refractivity contribution in [2.45, 2.75) is 5.03 Å². The van der Waals surface area contributed by atoms with Crippen molar-refractivity contribution < 1.29 is 13.0 Å². The maximum Gasteiger partial charge on any atom is 0.315 e. The van der Waals surface area contributed by atoms with Gasteiger partial charge < -0.3 is 0 Å². The van der Waals surface area contributed by atoms with Crippen LogP contribution in [0.3, 0.4) is 0 Å². The molecule has 7 heteroatoms. The van der Waals surface area contributed by atoms with Gasteiger partial charge >= 0.3 is 10.1 Å². The van der Waals surface area contributed by atoms with E-state index in [0.717, 1.165) is 0 Å². The topological polar surface area (TPSA) is 80.2 Å². The summed E-state index contributed by atoms with van der Waals surface area (Å²) in [6.45, 7) is 0. The van der Waals surface area contributed by atoms with Gasteiger partial charge in [-0.3, -0.25) is 4.55 Å². The van der Waals surface area contributed by atoms with E-state index in [4.69, 9.17) is 16.2 Å². The van der Waals surface area contributed by atoms with Crippen LogP contribution in [0.25, 0.3) is 0 Å². The molecule has 0 saturated carbocycles. The minimum absolute atomic E-state index is 0.150. The van der Waals surface area contributed by atoms with Gasteiger partial charge in [-0.2, -0.15) is 13.5 Å². The van der Waals surface area contributed by atoms with E-state index in [1.807, 2.05) is 0 Å². The Morgan fingerprint density at radius 3 is 2.55 bits per heavy atom. The summed E-state index contributed by atoms with van der Waals surface area (Å²) >= 11 is 5.37. The van der Waals surface area contributed by atoms with Crippen molar-refractivity contribution in [2.24, 2.45) is 0 Å². The molecule has 11 heavy (non-hydrogen) atoms. The summed E-state index contributed by atoms with van der Waals surface area (Å²) in [6.07, 6.45) is 1.22. The summed E-state index contributed by atoms with van der Waals surface area (Å²) in [4.78, 5) is 0. The first-order chi connectivity index (χ1) is 5.02. The predicted octanol–water partition coefficient (Wildman–Crippen LogP) is 0.377. The molecule has 0 aromatic carbocycles. The van der Waals surface area contributed by atoms with E-state index in [1.54, 1.807) is 0 Å². The maximum absolute atomic E-state index is 10.4. The molecule has 0 bridgehead atoms. The highest BCUT2D eigenvalue weighted by molar-refractivity contribution is 7.85. The second-order valence-electron chi connectivity index (χ2n) is 1.66. The lowest BCUT2D eigenvalue weighted by atomic mass is 10.6. The van der Waals surface area contributed by atoms with Crippen LogP contribution in [0, 0.1) is 0 Å². The molecule has 0 aliphatic carbocycles. The Morgan fingerprint density at radius 1 is 1.55 bits per heavy atom. The monoisotopic (exact) mass is 194 g/mol. The van der Waals surface area contributed by atoms with Crippen LogP contribution in [0.5, 0.6) is 0 Å². The van der Waals surface area contributed by atoms with E-state index in [2.05, 4.69) is 10.2 Å². The van der Waals surface area contributed by atoms with E-state index >= 15 is 0 Å². The molecule has 1 heterocycles. The number of hydrogen-bond acceptors (Lipinski definition) is 4. The standard InChI is InChI=1S/C4H3ClN2O3S/c5-3-1-2-6-7-4(3)11(8,9)10/h1-2H,(H,8,9,10). The molecule has 0 aliphatic rings. The van der Waals surface area contributed by atoms with Crippen LogP contribution in [-0.4, -0.2) is 23.2 Å². The summed E-state index contributed by atoms with van der Waals surface area (Å²) in [5.41, 5.74) is 0. The van der Waals surface area contributed by atoms with Gasteiger partial charge in [-0.1, -0.05) is 11.6 Å². The van der Waals surface area contributed by atoms with Crippen LogP contribution >= 0.6 is 11.6 Å². The lowest BCUT2D eigenvalue weighted by molar-refractivity contribution is 0.477. The van der Waals surface area contributed by atoms with E-state index in [1.165, 1.54) is 12.3 Å². The van der Waals surface area contributed by atoms with E-state index in [9.17, 15) is 8.42 Å². The fourth-order valence-corrected chi connectivity index (χ4v) is 1.33. The molecule has 0 aliphatic heterocycles. The molecule has 0 amide bonds. The maximum atomic E-state index is 10.4. The van der Waals surface area contributed by atoms with Gasteiger partial charge in [0.05, 0.1) is 11.2 Å². The lowest BCUT2D eigenvalue weighted by Gasteiger charge is -1.94. The Balaban J connectivity index is 3.37. The van der Waals surface area contributed by atoms with E-state index < -0.39 is 15.1 Å². The van der Waals surface area contributed by atoms with Crippen molar-refractivity contribution in [1.82, 2.24) is 10.2 Å². The highest BCUT2D eigenvalue weighted by Gasteiger charge is 2.15. The average molecular weight is 195 g/mol. The summed E-state index contributed by atoms with van der Waals surface area (Å²) in [5, 5.41) is 5.59. The largest absolute Gasteiger partial charge is 0.315 e.